The first kappa shape index (κ1) is 22.9. The number of nitrogens with one attached hydrogen (secondary N) is 2. The fraction of sp³-hybridized carbons (Fsp3) is 0.192. The Morgan fingerprint density at radius 1 is 1.08 bits per heavy atom. The molecule has 0 atom stereocenters. The van der Waals surface area contributed by atoms with Crippen molar-refractivity contribution in [3.8, 4) is 11.3 Å². The Labute approximate surface area is 215 Å². The van der Waals surface area contributed by atoms with Gasteiger partial charge in [-0.1, -0.05) is 41.7 Å². The number of ether oxygens (including phenoxy) is 1. The number of hydrogen-bond acceptors (Lipinski definition) is 8. The molecule has 1 amide bonds. The van der Waals surface area contributed by atoms with Gasteiger partial charge in [0, 0.05) is 30.4 Å². The quantitative estimate of drug-likeness (QED) is 0.210. The highest BCUT2D eigenvalue weighted by molar-refractivity contribution is 7.23. The van der Waals surface area contributed by atoms with Crippen LogP contribution in [0.4, 0.5) is 16.3 Å². The Bertz CT molecular complexity index is 1610. The highest BCUT2D eigenvalue weighted by Crippen LogP contribution is 2.36. The van der Waals surface area contributed by atoms with E-state index in [2.05, 4.69) is 15.6 Å². The summed E-state index contributed by atoms with van der Waals surface area (Å²) in [5, 5.41) is 17.2. The first-order valence-corrected chi connectivity index (χ1v) is 12.6. The van der Waals surface area contributed by atoms with Crippen molar-refractivity contribution in [1.29, 1.82) is 0 Å². The van der Waals surface area contributed by atoms with Crippen molar-refractivity contribution < 1.29 is 14.5 Å². The second-order valence-corrected chi connectivity index (χ2v) is 9.98. The molecule has 0 aliphatic heterocycles. The molecule has 0 unspecified atom stereocenters. The Kier molecular flexibility index (Phi) is 5.68. The van der Waals surface area contributed by atoms with Gasteiger partial charge in [-0.15, -0.1) is 0 Å². The Morgan fingerprint density at radius 2 is 1.86 bits per heavy atom. The molecule has 2 aromatic carbocycles. The van der Waals surface area contributed by atoms with Crippen molar-refractivity contribution in [2.24, 2.45) is 0 Å². The predicted molar refractivity (Wildman–Crippen MR) is 141 cm³/mol. The van der Waals surface area contributed by atoms with Gasteiger partial charge < -0.3 is 15.4 Å². The molecule has 186 valence electrons. The summed E-state index contributed by atoms with van der Waals surface area (Å²) < 4.78 is 7.34. The number of alkyl carbamates (subject to hydrolysis) is 1. The lowest BCUT2D eigenvalue weighted by Gasteiger charge is -2.18. The summed E-state index contributed by atoms with van der Waals surface area (Å²) in [6.45, 7) is 0.791. The lowest BCUT2D eigenvalue weighted by molar-refractivity contribution is -0.384. The summed E-state index contributed by atoms with van der Waals surface area (Å²) >= 11 is 1.47. The van der Waals surface area contributed by atoms with Gasteiger partial charge in [-0.05, 0) is 42.7 Å². The third-order valence-corrected chi connectivity index (χ3v) is 7.34. The van der Waals surface area contributed by atoms with Gasteiger partial charge in [0.1, 0.15) is 17.3 Å². The van der Waals surface area contributed by atoms with Gasteiger partial charge in [-0.3, -0.25) is 14.5 Å². The van der Waals surface area contributed by atoms with E-state index in [0.717, 1.165) is 50.8 Å². The number of amides is 1. The smallest absolute Gasteiger partial charge is 0.407 e. The van der Waals surface area contributed by atoms with Crippen LogP contribution in [0.3, 0.4) is 0 Å². The normalized spacial score (nSPS) is 13.9. The molecule has 5 aromatic rings. The van der Waals surface area contributed by atoms with Crippen molar-refractivity contribution in [3.05, 3.63) is 88.6 Å². The number of carbonyl (C=O) groups excluding carboxylic acids is 1. The van der Waals surface area contributed by atoms with Crippen molar-refractivity contribution in [3.63, 3.8) is 0 Å². The molecule has 3 heterocycles. The van der Waals surface area contributed by atoms with E-state index in [1.54, 1.807) is 12.1 Å². The van der Waals surface area contributed by atoms with E-state index in [-0.39, 0.29) is 17.8 Å². The number of pyridine rings is 1. The van der Waals surface area contributed by atoms with Gasteiger partial charge in [0.25, 0.3) is 5.69 Å². The second kappa shape index (κ2) is 9.17. The molecule has 0 saturated heterocycles. The molecule has 3 aromatic heterocycles. The van der Waals surface area contributed by atoms with E-state index < -0.39 is 11.0 Å². The second-order valence-electron chi connectivity index (χ2n) is 9.03. The van der Waals surface area contributed by atoms with E-state index in [1.807, 2.05) is 53.1 Å². The summed E-state index contributed by atoms with van der Waals surface area (Å²) in [4.78, 5) is 33.8. The average Bonchev–Trinajstić information content (AvgIpc) is 3.41. The molecule has 1 aliphatic carbocycles. The van der Waals surface area contributed by atoms with Gasteiger partial charge in [0.05, 0.1) is 21.7 Å². The lowest BCUT2D eigenvalue weighted by atomic mass is 10.1. The molecule has 6 rings (SSSR count). The molecule has 0 bridgehead atoms. The minimum absolute atomic E-state index is 0.0479. The van der Waals surface area contributed by atoms with Crippen LogP contribution in [-0.4, -0.2) is 37.5 Å². The molecule has 37 heavy (non-hydrogen) atoms. The van der Waals surface area contributed by atoms with Crippen LogP contribution in [0.15, 0.2) is 72.9 Å². The number of aromatic nitrogens is 3. The number of hydrogen-bond donors (Lipinski definition) is 2. The van der Waals surface area contributed by atoms with Crippen molar-refractivity contribution in [2.75, 3.05) is 11.9 Å². The monoisotopic (exact) mass is 514 g/mol. The minimum Gasteiger partial charge on any atom is -0.445 e. The highest BCUT2D eigenvalue weighted by Gasteiger charge is 2.44. The highest BCUT2D eigenvalue weighted by atomic mass is 32.1. The van der Waals surface area contributed by atoms with Gasteiger partial charge in [0.15, 0.2) is 4.96 Å². The maximum absolute atomic E-state index is 12.3. The maximum Gasteiger partial charge on any atom is 0.407 e. The van der Waals surface area contributed by atoms with E-state index in [4.69, 9.17) is 9.72 Å². The minimum atomic E-state index is -0.421. The third-order valence-electron chi connectivity index (χ3n) is 6.38. The molecule has 0 radical (unpaired) electrons. The average molecular weight is 515 g/mol. The Morgan fingerprint density at radius 3 is 2.59 bits per heavy atom. The largest absolute Gasteiger partial charge is 0.445 e. The van der Waals surface area contributed by atoms with Crippen LogP contribution in [0.5, 0.6) is 0 Å². The fourth-order valence-electron chi connectivity index (χ4n) is 4.11. The number of nitrogens with zero attached hydrogens (tertiary/aromatic N) is 4. The van der Waals surface area contributed by atoms with Crippen LogP contribution >= 0.6 is 11.3 Å². The number of anilines is 1. The number of benzene rings is 2. The predicted octanol–water partition coefficient (Wildman–Crippen LogP) is 5.39. The molecule has 1 fully saturated rings. The summed E-state index contributed by atoms with van der Waals surface area (Å²) in [6, 6.07) is 19.8. The number of fused-ring (bicyclic) bond motifs is 3. The van der Waals surface area contributed by atoms with Crippen LogP contribution in [0.2, 0.25) is 0 Å². The first-order valence-electron chi connectivity index (χ1n) is 11.7. The van der Waals surface area contributed by atoms with E-state index in [1.165, 1.54) is 23.5 Å². The molecule has 2 N–H and O–H groups in total. The zero-order valence-electron chi connectivity index (χ0n) is 19.6. The Balaban J connectivity index is 1.10. The number of non-ortho nitro benzene ring substituents is 1. The molecule has 1 aliphatic rings. The van der Waals surface area contributed by atoms with Crippen LogP contribution in [0.1, 0.15) is 18.4 Å². The van der Waals surface area contributed by atoms with Crippen LogP contribution in [0.25, 0.3) is 26.6 Å². The molecule has 1 saturated carbocycles. The van der Waals surface area contributed by atoms with Crippen molar-refractivity contribution >= 4 is 44.2 Å². The van der Waals surface area contributed by atoms with Crippen LogP contribution in [-0.2, 0) is 11.3 Å². The fourth-order valence-corrected chi connectivity index (χ4v) is 5.09. The zero-order chi connectivity index (χ0) is 25.4. The maximum atomic E-state index is 12.3. The van der Waals surface area contributed by atoms with Gasteiger partial charge in [0.2, 0.25) is 0 Å². The standard InChI is InChI=1S/C26H22N6O4S/c33-25(36-15-17-4-2-1-3-5-17)30-26(12-13-26)16-27-22-11-10-21-23(29-22)37-24-28-20(14-31(21)24)18-6-8-19(9-7-18)32(34)35/h1-11,14H,12-13,15-16H2,(H,27,29)(H,30,33). The van der Waals surface area contributed by atoms with Crippen molar-refractivity contribution in [1.82, 2.24) is 19.7 Å². The van der Waals surface area contributed by atoms with Crippen LogP contribution in [0, 0.1) is 10.1 Å². The zero-order valence-corrected chi connectivity index (χ0v) is 20.4. The summed E-state index contributed by atoms with van der Waals surface area (Å²) in [6.07, 6.45) is 3.24. The van der Waals surface area contributed by atoms with E-state index >= 15 is 0 Å². The number of carbonyl (C=O) groups is 1. The lowest BCUT2D eigenvalue weighted by Crippen LogP contribution is -2.42. The SMILES string of the molecule is O=C(NC1(CNc2ccc3c(n2)sc2nc(-c4ccc([N+](=O)[O-])cc4)cn23)CC1)OCc1ccccc1. The number of nitro benzene ring substituents is 1. The summed E-state index contributed by atoms with van der Waals surface area (Å²) in [5.74, 6) is 0.721. The topological polar surface area (TPSA) is 124 Å². The molecule has 11 heteroatoms. The van der Waals surface area contributed by atoms with Gasteiger partial charge in [-0.25, -0.2) is 14.8 Å². The molecule has 10 nitrogen and oxygen atoms in total. The number of rotatable bonds is 8. The number of nitro groups is 1. The number of imidazole rings is 1. The third kappa shape index (κ3) is 4.81. The molecular weight excluding hydrogens is 492 g/mol. The van der Waals surface area contributed by atoms with Crippen LogP contribution < -0.4 is 10.6 Å². The summed E-state index contributed by atoms with van der Waals surface area (Å²) in [7, 11) is 0. The molecule has 0 spiro atoms. The van der Waals surface area contributed by atoms with Gasteiger partial charge in [-0.2, -0.15) is 0 Å². The summed E-state index contributed by atoms with van der Waals surface area (Å²) in [5.41, 5.74) is 3.15. The Hall–Kier alpha value is -4.51. The van der Waals surface area contributed by atoms with E-state index in [0.29, 0.717) is 6.54 Å². The number of thiazole rings is 1. The van der Waals surface area contributed by atoms with Gasteiger partial charge >= 0.3 is 6.09 Å². The first-order chi connectivity index (χ1) is 18.0. The van der Waals surface area contributed by atoms with Crippen molar-refractivity contribution in [2.45, 2.75) is 25.0 Å². The molecular formula is C26H22N6O4S. The van der Waals surface area contributed by atoms with E-state index in [9.17, 15) is 14.9 Å².